The number of carbonyl (C=O) groups excluding carboxylic acids is 1. The van der Waals surface area contributed by atoms with Gasteiger partial charge in [-0.05, 0) is 25.7 Å². The van der Waals surface area contributed by atoms with Gasteiger partial charge in [0.05, 0.1) is 12.6 Å². The minimum absolute atomic E-state index is 0.155. The Hall–Kier alpha value is -0.990. The number of hydrogen-bond donors (Lipinski definition) is 1. The highest BCUT2D eigenvalue weighted by molar-refractivity contribution is 5.67. The molecule has 1 aliphatic rings. The van der Waals surface area contributed by atoms with Crippen molar-refractivity contribution in [2.24, 2.45) is 5.92 Å². The van der Waals surface area contributed by atoms with Gasteiger partial charge in [0, 0.05) is 0 Å². The van der Waals surface area contributed by atoms with E-state index < -0.39 is 0 Å². The second kappa shape index (κ2) is 4.90. The highest BCUT2D eigenvalue weighted by atomic mass is 16.5. The first kappa shape index (κ1) is 10.1. The van der Waals surface area contributed by atoms with Gasteiger partial charge >= 0.3 is 6.09 Å². The Balaban J connectivity index is 2.32. The fraction of sp³-hybridized carbons (Fsp3) is 0.700. The second-order valence-electron chi connectivity index (χ2n) is 3.48. The van der Waals surface area contributed by atoms with Crippen LogP contribution in [-0.4, -0.2) is 18.7 Å². The van der Waals surface area contributed by atoms with Gasteiger partial charge in [-0.3, -0.25) is 0 Å². The van der Waals surface area contributed by atoms with E-state index in [9.17, 15) is 4.79 Å². The number of hydrogen-bond acceptors (Lipinski definition) is 2. The lowest BCUT2D eigenvalue weighted by Gasteiger charge is -2.22. The average molecular weight is 183 g/mol. The monoisotopic (exact) mass is 183 g/mol. The first-order valence-corrected chi connectivity index (χ1v) is 4.82. The van der Waals surface area contributed by atoms with E-state index in [1.807, 2.05) is 6.08 Å². The molecule has 74 valence electrons. The molecule has 0 aromatic heterocycles. The standard InChI is InChI=1S/C10H17NO2/c1-3-13-10(12)11-9-6-4-5-8(2)7-9/h4,6,8-9H,3,5,7H2,1-2H3,(H,11,12). The van der Waals surface area contributed by atoms with E-state index in [2.05, 4.69) is 18.3 Å². The molecule has 3 heteroatoms. The molecule has 1 rings (SSSR count). The van der Waals surface area contributed by atoms with Gasteiger partial charge in [-0.25, -0.2) is 4.79 Å². The third kappa shape index (κ3) is 3.49. The highest BCUT2D eigenvalue weighted by Crippen LogP contribution is 2.17. The van der Waals surface area contributed by atoms with E-state index in [0.717, 1.165) is 12.8 Å². The normalized spacial score (nSPS) is 26.9. The van der Waals surface area contributed by atoms with Gasteiger partial charge in [0.15, 0.2) is 0 Å². The highest BCUT2D eigenvalue weighted by Gasteiger charge is 2.16. The van der Waals surface area contributed by atoms with E-state index in [0.29, 0.717) is 12.5 Å². The Bertz CT molecular complexity index is 201. The van der Waals surface area contributed by atoms with E-state index in [1.54, 1.807) is 6.92 Å². The number of allylic oxidation sites excluding steroid dienone is 1. The van der Waals surface area contributed by atoms with Crippen molar-refractivity contribution >= 4 is 6.09 Å². The third-order valence-electron chi connectivity index (χ3n) is 2.14. The van der Waals surface area contributed by atoms with Crippen LogP contribution in [0.3, 0.4) is 0 Å². The smallest absolute Gasteiger partial charge is 0.407 e. The van der Waals surface area contributed by atoms with E-state index >= 15 is 0 Å². The molecule has 0 spiro atoms. The molecule has 2 unspecified atom stereocenters. The molecule has 0 bridgehead atoms. The summed E-state index contributed by atoms with van der Waals surface area (Å²) in [6.45, 7) is 4.42. The predicted octanol–water partition coefficient (Wildman–Crippen LogP) is 2.09. The summed E-state index contributed by atoms with van der Waals surface area (Å²) in [5.41, 5.74) is 0. The fourth-order valence-electron chi connectivity index (χ4n) is 1.51. The van der Waals surface area contributed by atoms with Crippen LogP contribution < -0.4 is 5.32 Å². The summed E-state index contributed by atoms with van der Waals surface area (Å²) in [4.78, 5) is 11.1. The third-order valence-corrected chi connectivity index (χ3v) is 2.14. The largest absolute Gasteiger partial charge is 0.450 e. The summed E-state index contributed by atoms with van der Waals surface area (Å²) >= 11 is 0. The Morgan fingerprint density at radius 3 is 3.08 bits per heavy atom. The summed E-state index contributed by atoms with van der Waals surface area (Å²) in [5.74, 6) is 0.650. The van der Waals surface area contributed by atoms with E-state index in [4.69, 9.17) is 4.74 Å². The van der Waals surface area contributed by atoms with Gasteiger partial charge in [0.1, 0.15) is 0 Å². The second-order valence-corrected chi connectivity index (χ2v) is 3.48. The molecule has 2 atom stereocenters. The Kier molecular flexibility index (Phi) is 3.80. The zero-order chi connectivity index (χ0) is 9.68. The molecule has 0 saturated carbocycles. The van der Waals surface area contributed by atoms with Gasteiger partial charge < -0.3 is 10.1 Å². The molecule has 13 heavy (non-hydrogen) atoms. The van der Waals surface area contributed by atoms with Crippen molar-refractivity contribution in [3.63, 3.8) is 0 Å². The van der Waals surface area contributed by atoms with Gasteiger partial charge in [0.2, 0.25) is 0 Å². The number of nitrogens with one attached hydrogen (secondary N) is 1. The summed E-state index contributed by atoms with van der Waals surface area (Å²) in [5, 5.41) is 2.80. The molecule has 1 N–H and O–H groups in total. The van der Waals surface area contributed by atoms with Crippen molar-refractivity contribution in [3.8, 4) is 0 Å². The number of rotatable bonds is 2. The van der Waals surface area contributed by atoms with E-state index in [1.165, 1.54) is 0 Å². The van der Waals surface area contributed by atoms with Crippen LogP contribution in [0.2, 0.25) is 0 Å². The minimum Gasteiger partial charge on any atom is -0.450 e. The molecular weight excluding hydrogens is 166 g/mol. The maximum Gasteiger partial charge on any atom is 0.407 e. The fourth-order valence-corrected chi connectivity index (χ4v) is 1.51. The topological polar surface area (TPSA) is 38.3 Å². The predicted molar refractivity (Wildman–Crippen MR) is 51.5 cm³/mol. The van der Waals surface area contributed by atoms with Crippen molar-refractivity contribution in [2.75, 3.05) is 6.61 Å². The molecule has 0 aliphatic heterocycles. The van der Waals surface area contributed by atoms with Crippen LogP contribution in [0.4, 0.5) is 4.79 Å². The minimum atomic E-state index is -0.314. The quantitative estimate of drug-likeness (QED) is 0.666. The van der Waals surface area contributed by atoms with Gasteiger partial charge in [0.25, 0.3) is 0 Å². The Labute approximate surface area is 79.2 Å². The van der Waals surface area contributed by atoms with Crippen LogP contribution >= 0.6 is 0 Å². The first-order valence-electron chi connectivity index (χ1n) is 4.82. The summed E-state index contributed by atoms with van der Waals surface area (Å²) in [7, 11) is 0. The lowest BCUT2D eigenvalue weighted by atomic mass is 9.93. The zero-order valence-corrected chi connectivity index (χ0v) is 8.25. The molecular formula is C10H17NO2. The van der Waals surface area contributed by atoms with Crippen LogP contribution in [0.15, 0.2) is 12.2 Å². The number of ether oxygens (including phenoxy) is 1. The zero-order valence-electron chi connectivity index (χ0n) is 8.25. The molecule has 0 fully saturated rings. The molecule has 0 aromatic rings. The van der Waals surface area contributed by atoms with Crippen molar-refractivity contribution in [3.05, 3.63) is 12.2 Å². The lowest BCUT2D eigenvalue weighted by Crippen LogP contribution is -2.36. The molecule has 0 heterocycles. The molecule has 0 saturated heterocycles. The average Bonchev–Trinajstić information content (AvgIpc) is 2.04. The summed E-state index contributed by atoms with van der Waals surface area (Å²) < 4.78 is 4.80. The number of carbonyl (C=O) groups is 1. The number of amides is 1. The van der Waals surface area contributed by atoms with Crippen LogP contribution in [0, 0.1) is 5.92 Å². The van der Waals surface area contributed by atoms with Gasteiger partial charge in [-0.1, -0.05) is 19.1 Å². The van der Waals surface area contributed by atoms with Crippen molar-refractivity contribution in [2.45, 2.75) is 32.7 Å². The van der Waals surface area contributed by atoms with Crippen molar-refractivity contribution in [1.29, 1.82) is 0 Å². The van der Waals surface area contributed by atoms with Crippen LogP contribution in [0.5, 0.6) is 0 Å². The van der Waals surface area contributed by atoms with E-state index in [-0.39, 0.29) is 12.1 Å². The van der Waals surface area contributed by atoms with Gasteiger partial charge in [-0.2, -0.15) is 0 Å². The van der Waals surface area contributed by atoms with Gasteiger partial charge in [-0.15, -0.1) is 0 Å². The van der Waals surface area contributed by atoms with Crippen LogP contribution in [0.1, 0.15) is 26.7 Å². The molecule has 1 amide bonds. The Morgan fingerprint density at radius 2 is 2.46 bits per heavy atom. The summed E-state index contributed by atoms with van der Waals surface area (Å²) in [6.07, 6.45) is 5.96. The SMILES string of the molecule is CCOC(=O)NC1C=CCC(C)C1. The molecule has 3 nitrogen and oxygen atoms in total. The van der Waals surface area contributed by atoms with Crippen LogP contribution in [0.25, 0.3) is 0 Å². The maximum absolute atomic E-state index is 11.1. The van der Waals surface area contributed by atoms with Crippen LogP contribution in [-0.2, 0) is 4.74 Å². The first-order chi connectivity index (χ1) is 6.22. The molecule has 0 radical (unpaired) electrons. The molecule has 0 aromatic carbocycles. The molecule has 1 aliphatic carbocycles. The summed E-state index contributed by atoms with van der Waals surface area (Å²) in [6, 6.07) is 0.155. The van der Waals surface area contributed by atoms with Crippen molar-refractivity contribution < 1.29 is 9.53 Å². The maximum atomic E-state index is 11.1. The Morgan fingerprint density at radius 1 is 1.69 bits per heavy atom. The number of alkyl carbamates (subject to hydrolysis) is 1. The van der Waals surface area contributed by atoms with Crippen molar-refractivity contribution in [1.82, 2.24) is 5.32 Å². The lowest BCUT2D eigenvalue weighted by molar-refractivity contribution is 0.148.